The molecule has 0 saturated heterocycles. The molecule has 2 rings (SSSR count). The van der Waals surface area contributed by atoms with E-state index in [2.05, 4.69) is 0 Å². The summed E-state index contributed by atoms with van der Waals surface area (Å²) < 4.78 is 37.5. The van der Waals surface area contributed by atoms with Crippen LogP contribution in [0.3, 0.4) is 0 Å². The van der Waals surface area contributed by atoms with E-state index in [0.29, 0.717) is 26.4 Å². The Morgan fingerprint density at radius 3 is 2.50 bits per heavy atom. The Labute approximate surface area is 86.9 Å². The Kier molecular flexibility index (Phi) is 2.20. The summed E-state index contributed by atoms with van der Waals surface area (Å²) in [6.45, 7) is 0. The van der Waals surface area contributed by atoms with Gasteiger partial charge in [-0.15, -0.1) is 11.3 Å². The van der Waals surface area contributed by atoms with Crippen LogP contribution in [0.2, 0.25) is 5.02 Å². The zero-order chi connectivity index (χ0) is 10.3. The molecule has 1 aromatic carbocycles. The fourth-order valence-corrected chi connectivity index (χ4v) is 2.35. The van der Waals surface area contributed by atoms with Crippen molar-refractivity contribution in [1.29, 1.82) is 0 Å². The van der Waals surface area contributed by atoms with E-state index in [1.54, 1.807) is 12.1 Å². The number of fused-ring (bicyclic) bond motifs is 1. The number of alkyl halides is 3. The number of hydrogen-bond donors (Lipinski definition) is 0. The minimum absolute atomic E-state index is 0.452. The lowest BCUT2D eigenvalue weighted by molar-refractivity contribution is -0.134. The number of halogens is 4. The smallest absolute Gasteiger partial charge is 0.165 e. The SMILES string of the molecule is FC(F)(F)c1cc2ccc(Cl)cc2s1. The van der Waals surface area contributed by atoms with Gasteiger partial charge in [0.05, 0.1) is 0 Å². The van der Waals surface area contributed by atoms with Crippen LogP contribution in [0.25, 0.3) is 10.1 Å². The minimum Gasteiger partial charge on any atom is -0.165 e. The van der Waals surface area contributed by atoms with Gasteiger partial charge < -0.3 is 0 Å². The van der Waals surface area contributed by atoms with Crippen molar-refractivity contribution in [2.75, 3.05) is 0 Å². The van der Waals surface area contributed by atoms with Crippen LogP contribution < -0.4 is 0 Å². The van der Waals surface area contributed by atoms with E-state index in [1.807, 2.05) is 0 Å². The van der Waals surface area contributed by atoms with Gasteiger partial charge in [0.25, 0.3) is 0 Å². The molecule has 0 fully saturated rings. The molecule has 0 unspecified atom stereocenters. The highest BCUT2D eigenvalue weighted by atomic mass is 35.5. The molecule has 5 heteroatoms. The summed E-state index contributed by atoms with van der Waals surface area (Å²) in [5.74, 6) is 0. The maximum Gasteiger partial charge on any atom is 0.425 e. The molecule has 0 bridgehead atoms. The summed E-state index contributed by atoms with van der Waals surface area (Å²) >= 11 is 6.38. The van der Waals surface area contributed by atoms with Crippen molar-refractivity contribution in [2.45, 2.75) is 6.18 Å². The first-order valence-electron chi connectivity index (χ1n) is 3.73. The van der Waals surface area contributed by atoms with Gasteiger partial charge in [-0.05, 0) is 23.6 Å². The first kappa shape index (κ1) is 9.80. The molecule has 0 aliphatic rings. The number of hydrogen-bond acceptors (Lipinski definition) is 1. The van der Waals surface area contributed by atoms with Crippen LogP contribution in [0.5, 0.6) is 0 Å². The fourth-order valence-electron chi connectivity index (χ4n) is 1.14. The molecule has 0 amide bonds. The molecular weight excluding hydrogens is 233 g/mol. The summed E-state index contributed by atoms with van der Waals surface area (Å²) in [4.78, 5) is -0.588. The van der Waals surface area contributed by atoms with E-state index in [4.69, 9.17) is 11.6 Å². The van der Waals surface area contributed by atoms with Crippen molar-refractivity contribution >= 4 is 33.0 Å². The number of benzene rings is 1. The second-order valence-electron chi connectivity index (χ2n) is 2.79. The molecule has 14 heavy (non-hydrogen) atoms. The molecule has 0 spiro atoms. The van der Waals surface area contributed by atoms with Crippen LogP contribution in [0, 0.1) is 0 Å². The van der Waals surface area contributed by atoms with E-state index >= 15 is 0 Å². The van der Waals surface area contributed by atoms with Crippen molar-refractivity contribution in [2.24, 2.45) is 0 Å². The Hall–Kier alpha value is -0.740. The van der Waals surface area contributed by atoms with Crippen LogP contribution in [-0.2, 0) is 6.18 Å². The average molecular weight is 237 g/mol. The van der Waals surface area contributed by atoms with E-state index in [-0.39, 0.29) is 0 Å². The third kappa shape index (κ3) is 1.72. The second-order valence-corrected chi connectivity index (χ2v) is 4.31. The third-order valence-electron chi connectivity index (χ3n) is 1.76. The van der Waals surface area contributed by atoms with Gasteiger partial charge >= 0.3 is 6.18 Å². The predicted octanol–water partition coefficient (Wildman–Crippen LogP) is 4.57. The highest BCUT2D eigenvalue weighted by Gasteiger charge is 2.32. The van der Waals surface area contributed by atoms with Crippen molar-refractivity contribution in [3.63, 3.8) is 0 Å². The Morgan fingerprint density at radius 1 is 1.14 bits per heavy atom. The molecule has 0 aliphatic heterocycles. The summed E-state index contributed by atoms with van der Waals surface area (Å²) in [6.07, 6.45) is -4.27. The summed E-state index contributed by atoms with van der Waals surface area (Å²) in [5.41, 5.74) is 0. The maximum absolute atomic E-state index is 12.3. The monoisotopic (exact) mass is 236 g/mol. The zero-order valence-corrected chi connectivity index (χ0v) is 8.30. The highest BCUT2D eigenvalue weighted by Crippen LogP contribution is 2.38. The number of thiophene rings is 1. The lowest BCUT2D eigenvalue weighted by Gasteiger charge is -1.99. The van der Waals surface area contributed by atoms with Gasteiger partial charge in [-0.25, -0.2) is 0 Å². The molecule has 2 aromatic rings. The zero-order valence-electron chi connectivity index (χ0n) is 6.73. The first-order valence-corrected chi connectivity index (χ1v) is 4.92. The van der Waals surface area contributed by atoms with Gasteiger partial charge in [0.2, 0.25) is 0 Å². The topological polar surface area (TPSA) is 0 Å². The molecule has 0 N–H and O–H groups in total. The van der Waals surface area contributed by atoms with Crippen molar-refractivity contribution < 1.29 is 13.2 Å². The molecule has 0 atom stereocenters. The molecule has 0 aliphatic carbocycles. The quantitative estimate of drug-likeness (QED) is 0.628. The van der Waals surface area contributed by atoms with Crippen LogP contribution >= 0.6 is 22.9 Å². The lowest BCUT2D eigenvalue weighted by Crippen LogP contribution is -2.00. The van der Waals surface area contributed by atoms with Crippen LogP contribution in [-0.4, -0.2) is 0 Å². The first-order chi connectivity index (χ1) is 6.47. The van der Waals surface area contributed by atoms with Gasteiger partial charge in [0, 0.05) is 9.72 Å². The predicted molar refractivity (Wildman–Crippen MR) is 51.8 cm³/mol. The summed E-state index contributed by atoms with van der Waals surface area (Å²) in [6, 6.07) is 5.84. The number of rotatable bonds is 0. The van der Waals surface area contributed by atoms with Crippen LogP contribution in [0.1, 0.15) is 4.88 Å². The van der Waals surface area contributed by atoms with E-state index < -0.39 is 11.1 Å². The molecule has 0 radical (unpaired) electrons. The Bertz CT molecular complexity index is 472. The van der Waals surface area contributed by atoms with Gasteiger partial charge in [-0.2, -0.15) is 13.2 Å². The maximum atomic E-state index is 12.3. The van der Waals surface area contributed by atoms with Crippen LogP contribution in [0.4, 0.5) is 13.2 Å². The van der Waals surface area contributed by atoms with E-state index in [0.717, 1.165) is 6.07 Å². The molecule has 0 saturated carbocycles. The van der Waals surface area contributed by atoms with Gasteiger partial charge in [-0.1, -0.05) is 17.7 Å². The normalized spacial score (nSPS) is 12.3. The van der Waals surface area contributed by atoms with E-state index in [1.165, 1.54) is 6.07 Å². The van der Waals surface area contributed by atoms with Crippen LogP contribution in [0.15, 0.2) is 24.3 Å². The lowest BCUT2D eigenvalue weighted by atomic mass is 10.2. The second kappa shape index (κ2) is 3.14. The summed E-state index contributed by atoms with van der Waals surface area (Å²) in [5, 5.41) is 1.03. The standard InChI is InChI=1S/C9H4ClF3S/c10-6-2-1-5-3-8(9(11,12)13)14-7(5)4-6/h1-4H. The Balaban J connectivity index is 2.63. The third-order valence-corrected chi connectivity index (χ3v) is 3.14. The van der Waals surface area contributed by atoms with Gasteiger partial charge in [0.1, 0.15) is 4.88 Å². The molecule has 1 heterocycles. The summed E-state index contributed by atoms with van der Waals surface area (Å²) in [7, 11) is 0. The molecule has 74 valence electrons. The minimum atomic E-state index is -4.27. The van der Waals surface area contributed by atoms with Gasteiger partial charge in [-0.3, -0.25) is 0 Å². The largest absolute Gasteiger partial charge is 0.425 e. The van der Waals surface area contributed by atoms with Gasteiger partial charge in [0.15, 0.2) is 0 Å². The Morgan fingerprint density at radius 2 is 1.86 bits per heavy atom. The van der Waals surface area contributed by atoms with Crippen molar-refractivity contribution in [3.8, 4) is 0 Å². The molecule has 0 nitrogen and oxygen atoms in total. The highest BCUT2D eigenvalue weighted by molar-refractivity contribution is 7.19. The van der Waals surface area contributed by atoms with Crippen molar-refractivity contribution in [3.05, 3.63) is 34.2 Å². The molecule has 1 aromatic heterocycles. The average Bonchev–Trinajstić information content (AvgIpc) is 2.45. The van der Waals surface area contributed by atoms with E-state index in [9.17, 15) is 13.2 Å². The molecular formula is C9H4ClF3S. The fraction of sp³-hybridized carbons (Fsp3) is 0.111. The van der Waals surface area contributed by atoms with Crippen molar-refractivity contribution in [1.82, 2.24) is 0 Å².